The molecule has 6 heteroatoms. The van der Waals surface area contributed by atoms with E-state index < -0.39 is 10.8 Å². The van der Waals surface area contributed by atoms with Crippen molar-refractivity contribution in [2.45, 2.75) is 82.4 Å². The van der Waals surface area contributed by atoms with Crippen molar-refractivity contribution < 1.29 is 19.1 Å². The molecule has 0 aliphatic carbocycles. The number of halogens is 2. The molecule has 0 aliphatic heterocycles. The molecule has 136 valence electrons. The lowest BCUT2D eigenvalue weighted by atomic mass is 10.1. The van der Waals surface area contributed by atoms with Crippen molar-refractivity contribution in [1.29, 1.82) is 0 Å². The molecule has 0 aromatic carbocycles. The first-order valence-electron chi connectivity index (χ1n) is 8.65. The summed E-state index contributed by atoms with van der Waals surface area (Å²) >= 11 is 10.9. The quantitative estimate of drug-likeness (QED) is 0.227. The van der Waals surface area contributed by atoms with Crippen LogP contribution in [0.5, 0.6) is 0 Å². The number of esters is 2. The van der Waals surface area contributed by atoms with Crippen LogP contribution < -0.4 is 0 Å². The normalized spacial score (nSPS) is 10.8. The maximum absolute atomic E-state index is 11.4. The molecule has 0 radical (unpaired) electrons. The van der Waals surface area contributed by atoms with E-state index in [1.54, 1.807) is 0 Å². The number of hydrogen-bond acceptors (Lipinski definition) is 4. The fourth-order valence-electron chi connectivity index (χ4n) is 2.10. The highest BCUT2D eigenvalue weighted by Gasteiger charge is 2.10. The average molecular weight is 369 g/mol. The first-order valence-corrected chi connectivity index (χ1v) is 9.53. The molecule has 0 saturated heterocycles. The minimum absolute atomic E-state index is 0.00289. The van der Waals surface area contributed by atoms with Crippen molar-refractivity contribution in [2.24, 2.45) is 0 Å². The van der Waals surface area contributed by atoms with Crippen molar-refractivity contribution in [3.8, 4) is 0 Å². The van der Waals surface area contributed by atoms with Crippen molar-refractivity contribution in [2.75, 3.05) is 13.2 Å². The molecule has 0 rings (SSSR count). The van der Waals surface area contributed by atoms with Crippen LogP contribution in [0.4, 0.5) is 0 Å². The maximum Gasteiger partial charge on any atom is 0.306 e. The number of hydrogen-bond donors (Lipinski definition) is 0. The highest BCUT2D eigenvalue weighted by atomic mass is 35.5. The second-order valence-electron chi connectivity index (χ2n) is 5.62. The molecule has 0 aliphatic rings. The van der Waals surface area contributed by atoms with Crippen molar-refractivity contribution in [1.82, 2.24) is 0 Å². The van der Waals surface area contributed by atoms with Gasteiger partial charge in [0.15, 0.2) is 0 Å². The summed E-state index contributed by atoms with van der Waals surface area (Å²) in [6.45, 7) is 2.59. The van der Waals surface area contributed by atoms with Crippen LogP contribution >= 0.6 is 23.2 Å². The molecule has 0 aromatic rings. The smallest absolute Gasteiger partial charge is 0.306 e. The van der Waals surface area contributed by atoms with Gasteiger partial charge in [-0.3, -0.25) is 9.59 Å². The number of rotatable bonds is 15. The highest BCUT2D eigenvalue weighted by Crippen LogP contribution is 2.09. The fraction of sp³-hybridized carbons (Fsp3) is 0.882. The van der Waals surface area contributed by atoms with E-state index in [-0.39, 0.29) is 25.4 Å². The number of carbonyl (C=O) groups excluding carboxylic acids is 2. The summed E-state index contributed by atoms with van der Waals surface area (Å²) in [6, 6.07) is 0. The molecule has 0 aromatic heterocycles. The van der Waals surface area contributed by atoms with Gasteiger partial charge in [0.1, 0.15) is 11.4 Å². The second kappa shape index (κ2) is 16.4. The molecule has 23 heavy (non-hydrogen) atoms. The summed E-state index contributed by atoms with van der Waals surface area (Å²) in [5.74, 6) is -0.855. The Morgan fingerprint density at radius 1 is 0.783 bits per heavy atom. The Bertz CT molecular complexity index is 309. The maximum atomic E-state index is 11.4. The monoisotopic (exact) mass is 368 g/mol. The second-order valence-corrected chi connectivity index (χ2v) is 6.90. The van der Waals surface area contributed by atoms with E-state index in [1.165, 1.54) is 44.9 Å². The van der Waals surface area contributed by atoms with Crippen LogP contribution in [0.2, 0.25) is 0 Å². The van der Waals surface area contributed by atoms with E-state index in [4.69, 9.17) is 32.7 Å². The Labute approximate surface area is 150 Å². The van der Waals surface area contributed by atoms with Crippen LogP contribution in [0, 0.1) is 0 Å². The van der Waals surface area contributed by atoms with Gasteiger partial charge in [0.25, 0.3) is 0 Å². The van der Waals surface area contributed by atoms with Gasteiger partial charge in [-0.15, -0.1) is 23.2 Å². The molecule has 0 atom stereocenters. The molecule has 0 fully saturated rings. The fourth-order valence-corrected chi connectivity index (χ4v) is 2.23. The lowest BCUT2D eigenvalue weighted by molar-refractivity contribution is -0.150. The van der Waals surface area contributed by atoms with Crippen LogP contribution in [-0.4, -0.2) is 30.0 Å². The molecule has 0 heterocycles. The number of carbonyl (C=O) groups is 2. The Kier molecular flexibility index (Phi) is 16.0. The van der Waals surface area contributed by atoms with Crippen LogP contribution in [0.15, 0.2) is 0 Å². The molecule has 4 nitrogen and oxygen atoms in total. The van der Waals surface area contributed by atoms with Crippen molar-refractivity contribution >= 4 is 35.1 Å². The Morgan fingerprint density at radius 3 is 1.78 bits per heavy atom. The molecule has 0 bridgehead atoms. The molecule has 0 N–H and O–H groups in total. The van der Waals surface area contributed by atoms with Gasteiger partial charge in [0, 0.05) is 0 Å². The standard InChI is InChI=1S/C17H30Cl2O4/c1-2-3-4-5-6-7-8-9-10-13-22-16(20)11-12-17(21)23-14-15(18)19/h15H,2-14H2,1H3. The minimum Gasteiger partial charge on any atom is -0.466 e. The average Bonchev–Trinajstić information content (AvgIpc) is 2.52. The SMILES string of the molecule is CCCCCCCCCCCOC(=O)CCC(=O)OCC(Cl)Cl. The van der Waals surface area contributed by atoms with Crippen LogP contribution in [0.25, 0.3) is 0 Å². The third-order valence-corrected chi connectivity index (χ3v) is 3.67. The van der Waals surface area contributed by atoms with Gasteiger partial charge in [0.05, 0.1) is 19.4 Å². The van der Waals surface area contributed by atoms with E-state index in [1.807, 2.05) is 0 Å². The predicted molar refractivity (Wildman–Crippen MR) is 93.9 cm³/mol. The first-order chi connectivity index (χ1) is 11.1. The zero-order chi connectivity index (χ0) is 17.3. The van der Waals surface area contributed by atoms with Gasteiger partial charge < -0.3 is 9.47 Å². The number of unbranched alkanes of at least 4 members (excludes halogenated alkanes) is 8. The van der Waals surface area contributed by atoms with Crippen molar-refractivity contribution in [3.05, 3.63) is 0 Å². The van der Waals surface area contributed by atoms with Crippen LogP contribution in [-0.2, 0) is 19.1 Å². The lowest BCUT2D eigenvalue weighted by Crippen LogP contribution is -2.13. The van der Waals surface area contributed by atoms with Gasteiger partial charge in [0.2, 0.25) is 0 Å². The van der Waals surface area contributed by atoms with E-state index >= 15 is 0 Å². The van der Waals surface area contributed by atoms with Gasteiger partial charge in [-0.1, -0.05) is 58.3 Å². The largest absolute Gasteiger partial charge is 0.466 e. The third kappa shape index (κ3) is 17.7. The van der Waals surface area contributed by atoms with Crippen molar-refractivity contribution in [3.63, 3.8) is 0 Å². The summed E-state index contributed by atoms with van der Waals surface area (Å²) in [7, 11) is 0. The molecule has 0 saturated carbocycles. The molecular weight excluding hydrogens is 339 g/mol. The van der Waals surface area contributed by atoms with Gasteiger partial charge in [-0.25, -0.2) is 0 Å². The highest BCUT2D eigenvalue weighted by molar-refractivity contribution is 6.44. The van der Waals surface area contributed by atoms with Crippen LogP contribution in [0.3, 0.4) is 0 Å². The van der Waals surface area contributed by atoms with Gasteiger partial charge in [-0.2, -0.15) is 0 Å². The summed E-state index contributed by atoms with van der Waals surface area (Å²) < 4.78 is 9.83. The van der Waals surface area contributed by atoms with Gasteiger partial charge in [-0.05, 0) is 6.42 Å². The number of ether oxygens (including phenoxy) is 2. The zero-order valence-corrected chi connectivity index (χ0v) is 15.7. The van der Waals surface area contributed by atoms with E-state index in [2.05, 4.69) is 6.92 Å². The molecule has 0 unspecified atom stereocenters. The van der Waals surface area contributed by atoms with E-state index in [0.717, 1.165) is 12.8 Å². The van der Waals surface area contributed by atoms with E-state index in [0.29, 0.717) is 6.61 Å². The number of alkyl halides is 2. The zero-order valence-electron chi connectivity index (χ0n) is 14.2. The van der Waals surface area contributed by atoms with Gasteiger partial charge >= 0.3 is 11.9 Å². The Morgan fingerprint density at radius 2 is 1.26 bits per heavy atom. The Balaban J connectivity index is 3.32. The summed E-state index contributed by atoms with van der Waals surface area (Å²) in [5.41, 5.74) is 0. The third-order valence-electron chi connectivity index (χ3n) is 3.41. The van der Waals surface area contributed by atoms with E-state index in [9.17, 15) is 9.59 Å². The summed E-state index contributed by atoms with van der Waals surface area (Å²) in [4.78, 5) is 21.9. The summed E-state index contributed by atoms with van der Waals surface area (Å²) in [5, 5.41) is 0. The first kappa shape index (κ1) is 22.5. The summed E-state index contributed by atoms with van der Waals surface area (Å²) in [6.07, 6.45) is 11.0. The Hall–Kier alpha value is -0.480. The molecule has 0 amide bonds. The van der Waals surface area contributed by atoms with Crippen LogP contribution in [0.1, 0.15) is 77.6 Å². The predicted octanol–water partition coefficient (Wildman–Crippen LogP) is 5.19. The molecule has 0 spiro atoms. The topological polar surface area (TPSA) is 52.6 Å². The minimum atomic E-state index is -0.738. The lowest BCUT2D eigenvalue weighted by Gasteiger charge is -2.06. The molecular formula is C17H30Cl2O4.